The van der Waals surface area contributed by atoms with Crippen LogP contribution in [0.3, 0.4) is 0 Å². The highest BCUT2D eigenvalue weighted by atomic mass is 31.2. The molecule has 2 bridgehead atoms. The lowest BCUT2D eigenvalue weighted by molar-refractivity contribution is -0.297. The standard InChI is InChI=1S/C19H14F3N6O7P/c1-2-27-25-16(24-26-27)13-6-3-9(8-23-13)11-5-4-10(7-12(11)20)28-17(30)32-18(14(29)15(21)22)19(28)34-36(31,33-18)35-19/h3-8,14-15,29H,2H2,1H3/t14-,18+,19?,36?/m0/s1. The van der Waals surface area contributed by atoms with Gasteiger partial charge in [-0.05, 0) is 36.4 Å². The van der Waals surface area contributed by atoms with Gasteiger partial charge in [0.05, 0.1) is 12.2 Å². The topological polar surface area (TPSA) is 151 Å². The number of pyridine rings is 1. The normalized spacial score (nSPS) is 29.3. The number of aliphatic hydroxyl groups excluding tert-OH is 1. The number of hydrogen-bond donors (Lipinski definition) is 1. The Kier molecular flexibility index (Phi) is 4.81. The molecule has 2 aromatic heterocycles. The van der Waals surface area contributed by atoms with Crippen molar-refractivity contribution in [1.29, 1.82) is 0 Å². The summed E-state index contributed by atoms with van der Waals surface area (Å²) in [6.07, 6.45) is -6.23. The second-order valence-electron chi connectivity index (χ2n) is 7.85. The predicted molar refractivity (Wildman–Crippen MR) is 109 cm³/mol. The van der Waals surface area contributed by atoms with E-state index in [1.54, 1.807) is 12.1 Å². The highest BCUT2D eigenvalue weighted by Crippen LogP contribution is 2.81. The van der Waals surface area contributed by atoms with Crippen LogP contribution in [0.2, 0.25) is 0 Å². The molecule has 13 nitrogen and oxygen atoms in total. The number of amides is 1. The number of nitrogens with zero attached hydrogens (tertiary/aromatic N) is 6. The number of tetrazole rings is 1. The average Bonchev–Trinajstić information content (AvgIpc) is 3.52. The fourth-order valence-electron chi connectivity index (χ4n) is 4.10. The summed E-state index contributed by atoms with van der Waals surface area (Å²) in [4.78, 5) is 18.7. The monoisotopic (exact) mass is 526 g/mol. The number of anilines is 1. The fourth-order valence-corrected chi connectivity index (χ4v) is 5.80. The minimum Gasteiger partial charge on any atom is -0.404 e. The van der Waals surface area contributed by atoms with Crippen molar-refractivity contribution in [2.45, 2.75) is 37.7 Å². The molecule has 6 heterocycles. The quantitative estimate of drug-likeness (QED) is 0.472. The molecule has 1 N–H and O–H groups in total. The third-order valence-corrected chi connectivity index (χ3v) is 7.19. The van der Waals surface area contributed by atoms with Crippen molar-refractivity contribution in [1.82, 2.24) is 25.2 Å². The van der Waals surface area contributed by atoms with E-state index in [9.17, 15) is 23.2 Å². The highest BCUT2D eigenvalue weighted by Gasteiger charge is 2.92. The Labute approximate surface area is 199 Å². The number of halogens is 3. The molecule has 0 unspecified atom stereocenters. The number of rotatable bonds is 6. The molecule has 17 heteroatoms. The molecule has 1 amide bonds. The van der Waals surface area contributed by atoms with E-state index in [-0.39, 0.29) is 17.1 Å². The van der Waals surface area contributed by atoms with Crippen molar-refractivity contribution < 1.29 is 45.9 Å². The van der Waals surface area contributed by atoms with Crippen LogP contribution < -0.4 is 4.90 Å². The van der Waals surface area contributed by atoms with E-state index in [1.807, 2.05) is 6.92 Å². The summed E-state index contributed by atoms with van der Waals surface area (Å²) in [5, 5.41) is 21.9. The van der Waals surface area contributed by atoms with Gasteiger partial charge >= 0.3 is 25.6 Å². The Morgan fingerprint density at radius 1 is 1.19 bits per heavy atom. The number of hydrogen-bond acceptors (Lipinski definition) is 11. The van der Waals surface area contributed by atoms with Gasteiger partial charge in [0.15, 0.2) is 6.10 Å². The molecule has 0 radical (unpaired) electrons. The molecule has 4 aliphatic rings. The molecule has 36 heavy (non-hydrogen) atoms. The Morgan fingerprint density at radius 2 is 1.97 bits per heavy atom. The van der Waals surface area contributed by atoms with Crippen LogP contribution in [-0.4, -0.2) is 60.6 Å². The summed E-state index contributed by atoms with van der Waals surface area (Å²) in [5.74, 6) is -6.11. The van der Waals surface area contributed by atoms with E-state index >= 15 is 4.39 Å². The third-order valence-electron chi connectivity index (χ3n) is 5.75. The van der Waals surface area contributed by atoms with Gasteiger partial charge in [0, 0.05) is 17.3 Å². The van der Waals surface area contributed by atoms with Crippen LogP contribution in [0.15, 0.2) is 36.5 Å². The summed E-state index contributed by atoms with van der Waals surface area (Å²) < 4.78 is 73.8. The lowest BCUT2D eigenvalue weighted by Crippen LogP contribution is -2.65. The van der Waals surface area contributed by atoms with Crippen LogP contribution in [0.4, 0.5) is 23.7 Å². The molecule has 1 spiro atoms. The third kappa shape index (κ3) is 2.99. The number of benzene rings is 1. The number of carbonyl (C=O) groups is 1. The van der Waals surface area contributed by atoms with Crippen LogP contribution in [-0.2, 0) is 29.4 Å². The molecule has 0 saturated carbocycles. The zero-order chi connectivity index (χ0) is 25.5. The fraction of sp³-hybridized carbons (Fsp3) is 0.316. The molecular formula is C19H14F3N6O7P. The van der Waals surface area contributed by atoms with Gasteiger partial charge in [-0.2, -0.15) is 4.80 Å². The van der Waals surface area contributed by atoms with Gasteiger partial charge in [0.1, 0.15) is 11.5 Å². The summed E-state index contributed by atoms with van der Waals surface area (Å²) in [6, 6.07) is 6.55. The van der Waals surface area contributed by atoms with Crippen LogP contribution in [0.1, 0.15) is 6.92 Å². The van der Waals surface area contributed by atoms with Gasteiger partial charge in [0.2, 0.25) is 5.82 Å². The molecule has 3 aromatic rings. The van der Waals surface area contributed by atoms with Crippen LogP contribution in [0.25, 0.3) is 22.6 Å². The van der Waals surface area contributed by atoms with Gasteiger partial charge < -0.3 is 9.84 Å². The Hall–Kier alpha value is -3.43. The van der Waals surface area contributed by atoms with Gasteiger partial charge in [-0.3, -0.25) is 4.98 Å². The summed E-state index contributed by atoms with van der Waals surface area (Å²) in [6.45, 7) is 2.37. The molecule has 4 aliphatic heterocycles. The molecule has 4 fully saturated rings. The maximum Gasteiger partial charge on any atom is 0.486 e. The number of phosphoric ester groups is 1. The first kappa shape index (κ1) is 23.0. The van der Waals surface area contributed by atoms with Crippen molar-refractivity contribution >= 4 is 19.6 Å². The molecular weight excluding hydrogens is 512 g/mol. The van der Waals surface area contributed by atoms with Crippen molar-refractivity contribution in [2.24, 2.45) is 0 Å². The molecule has 188 valence electrons. The lowest BCUT2D eigenvalue weighted by atomic mass is 10.0. The first-order valence-corrected chi connectivity index (χ1v) is 11.8. The van der Waals surface area contributed by atoms with Gasteiger partial charge in [-0.15, -0.1) is 10.2 Å². The lowest BCUT2D eigenvalue weighted by Gasteiger charge is -2.39. The van der Waals surface area contributed by atoms with E-state index in [0.29, 0.717) is 22.7 Å². The van der Waals surface area contributed by atoms with Gasteiger partial charge in [-0.1, -0.05) is 6.07 Å². The second kappa shape index (κ2) is 7.54. The number of aryl methyl sites for hydroxylation is 1. The van der Waals surface area contributed by atoms with Crippen LogP contribution >= 0.6 is 7.82 Å². The summed E-state index contributed by atoms with van der Waals surface area (Å²) >= 11 is 0. The van der Waals surface area contributed by atoms with Crippen molar-refractivity contribution in [3.63, 3.8) is 0 Å². The Bertz CT molecular complexity index is 1430. The maximum absolute atomic E-state index is 15.1. The predicted octanol–water partition coefficient (Wildman–Crippen LogP) is 2.68. The Balaban J connectivity index is 1.32. The zero-order valence-corrected chi connectivity index (χ0v) is 18.9. The summed E-state index contributed by atoms with van der Waals surface area (Å²) in [7, 11) is -4.36. The van der Waals surface area contributed by atoms with E-state index in [1.165, 1.54) is 23.1 Å². The minimum absolute atomic E-state index is 0.0794. The maximum atomic E-state index is 15.1. The second-order valence-corrected chi connectivity index (χ2v) is 9.29. The number of phosphoric acid groups is 1. The number of ether oxygens (including phenoxy) is 1. The number of aromatic nitrogens is 5. The van der Waals surface area contributed by atoms with E-state index in [0.717, 1.165) is 6.07 Å². The van der Waals surface area contributed by atoms with Gasteiger partial charge in [-0.25, -0.2) is 41.0 Å². The Morgan fingerprint density at radius 3 is 2.58 bits per heavy atom. The smallest absolute Gasteiger partial charge is 0.404 e. The molecule has 4 saturated heterocycles. The van der Waals surface area contributed by atoms with Crippen molar-refractivity contribution in [2.75, 3.05) is 4.90 Å². The van der Waals surface area contributed by atoms with Crippen molar-refractivity contribution in [3.05, 3.63) is 42.3 Å². The first-order chi connectivity index (χ1) is 17.1. The molecule has 1 aromatic carbocycles. The SMILES string of the molecule is CCn1nnc(-c2ccc(-c3ccc(N4C(=O)O[C@]5([C@@H](O)C(F)F)OP6(=O)OC45O6)cc3F)cn2)n1. The first-order valence-electron chi connectivity index (χ1n) is 10.4. The largest absolute Gasteiger partial charge is 0.486 e. The van der Waals surface area contributed by atoms with E-state index < -0.39 is 44.0 Å². The van der Waals surface area contributed by atoms with E-state index in [4.69, 9.17) is 18.3 Å². The zero-order valence-electron chi connectivity index (χ0n) is 18.0. The molecule has 7 rings (SSSR count). The average molecular weight is 526 g/mol. The van der Waals surface area contributed by atoms with E-state index in [2.05, 4.69) is 20.4 Å². The molecule has 0 aliphatic carbocycles. The summed E-state index contributed by atoms with van der Waals surface area (Å²) in [5.41, 5.74) is 0.593. The van der Waals surface area contributed by atoms with Crippen LogP contribution in [0.5, 0.6) is 0 Å². The van der Waals surface area contributed by atoms with Crippen molar-refractivity contribution in [3.8, 4) is 22.6 Å². The number of carbonyl (C=O) groups excluding carboxylic acids is 1. The number of alkyl halides is 2. The van der Waals surface area contributed by atoms with Crippen LogP contribution in [0, 0.1) is 5.82 Å². The molecule has 2 atom stereocenters. The minimum atomic E-state index is -4.36. The number of aliphatic hydroxyl groups is 1. The van der Waals surface area contributed by atoms with Gasteiger partial charge in [0.25, 0.3) is 6.43 Å². The highest BCUT2D eigenvalue weighted by molar-refractivity contribution is 7.50.